The fraction of sp³-hybridized carbons (Fsp3) is 0.400. The van der Waals surface area contributed by atoms with Crippen LogP contribution in [0.4, 0.5) is 13.2 Å². The summed E-state index contributed by atoms with van der Waals surface area (Å²) < 4.78 is 43.3. The molecule has 1 heterocycles. The summed E-state index contributed by atoms with van der Waals surface area (Å²) in [6.45, 7) is -0.0864. The molecule has 0 aliphatic carbocycles. The molecule has 5 heteroatoms. The predicted octanol–water partition coefficient (Wildman–Crippen LogP) is 2.06. The molecule has 1 fully saturated rings. The fourth-order valence-electron chi connectivity index (χ4n) is 1.63. The highest BCUT2D eigenvalue weighted by Crippen LogP contribution is 2.48. The van der Waals surface area contributed by atoms with Gasteiger partial charge < -0.3 is 4.74 Å². The SMILES string of the molecule is COc1ccccc1C1(C(F)(F)F)CN1. The van der Waals surface area contributed by atoms with Gasteiger partial charge in [0.05, 0.1) is 7.11 Å². The van der Waals surface area contributed by atoms with Crippen molar-refractivity contribution in [3.63, 3.8) is 0 Å². The highest BCUT2D eigenvalue weighted by Gasteiger charge is 2.65. The Kier molecular flexibility index (Phi) is 2.15. The minimum absolute atomic E-state index is 0.0864. The second-order valence-electron chi connectivity index (χ2n) is 3.46. The predicted molar refractivity (Wildman–Crippen MR) is 48.7 cm³/mol. The van der Waals surface area contributed by atoms with E-state index in [0.29, 0.717) is 0 Å². The molecule has 1 N–H and O–H groups in total. The van der Waals surface area contributed by atoms with E-state index in [1.54, 1.807) is 12.1 Å². The molecule has 1 saturated heterocycles. The molecule has 0 bridgehead atoms. The minimum Gasteiger partial charge on any atom is -0.496 e. The van der Waals surface area contributed by atoms with Gasteiger partial charge in [0.15, 0.2) is 5.54 Å². The van der Waals surface area contributed by atoms with Crippen LogP contribution in [0.2, 0.25) is 0 Å². The molecule has 1 aromatic carbocycles. The van der Waals surface area contributed by atoms with E-state index in [1.165, 1.54) is 19.2 Å². The van der Waals surface area contributed by atoms with Crippen LogP contribution in [-0.2, 0) is 5.54 Å². The zero-order valence-electron chi connectivity index (χ0n) is 8.06. The van der Waals surface area contributed by atoms with Gasteiger partial charge in [-0.05, 0) is 6.07 Å². The molecule has 0 aromatic heterocycles. The van der Waals surface area contributed by atoms with E-state index < -0.39 is 11.7 Å². The van der Waals surface area contributed by atoms with Gasteiger partial charge in [-0.3, -0.25) is 5.32 Å². The van der Waals surface area contributed by atoms with Crippen LogP contribution in [-0.4, -0.2) is 19.8 Å². The normalized spacial score (nSPS) is 25.1. The zero-order valence-corrected chi connectivity index (χ0v) is 8.06. The molecule has 2 nitrogen and oxygen atoms in total. The lowest BCUT2D eigenvalue weighted by molar-refractivity contribution is -0.162. The first kappa shape index (κ1) is 10.3. The third-order valence-corrected chi connectivity index (χ3v) is 2.58. The zero-order chi connectivity index (χ0) is 11.1. The van der Waals surface area contributed by atoms with E-state index in [9.17, 15) is 13.2 Å². The average molecular weight is 217 g/mol. The fourth-order valence-corrected chi connectivity index (χ4v) is 1.63. The minimum atomic E-state index is -4.29. The molecule has 0 saturated carbocycles. The highest BCUT2D eigenvalue weighted by atomic mass is 19.4. The molecule has 1 atom stereocenters. The number of para-hydroxylation sites is 1. The van der Waals surface area contributed by atoms with Crippen LogP contribution in [0, 0.1) is 0 Å². The molecular formula is C10H10F3NO. The van der Waals surface area contributed by atoms with E-state index >= 15 is 0 Å². The van der Waals surface area contributed by atoms with E-state index in [-0.39, 0.29) is 17.9 Å². The Labute approximate surface area is 85.0 Å². The largest absolute Gasteiger partial charge is 0.496 e. The lowest BCUT2D eigenvalue weighted by Crippen LogP contribution is -2.33. The smallest absolute Gasteiger partial charge is 0.412 e. The van der Waals surface area contributed by atoms with E-state index in [2.05, 4.69) is 5.32 Å². The van der Waals surface area contributed by atoms with Crippen molar-refractivity contribution in [2.24, 2.45) is 0 Å². The molecule has 0 spiro atoms. The molecule has 82 valence electrons. The number of benzene rings is 1. The van der Waals surface area contributed by atoms with E-state index in [1.807, 2.05) is 0 Å². The highest BCUT2D eigenvalue weighted by molar-refractivity contribution is 5.44. The van der Waals surface area contributed by atoms with Crippen LogP contribution in [0.15, 0.2) is 24.3 Å². The standard InChI is InChI=1S/C10H10F3NO/c1-15-8-5-3-2-4-7(8)9(6-14-9)10(11,12)13/h2-5,14H,6H2,1H3. The Morgan fingerprint density at radius 3 is 2.40 bits per heavy atom. The average Bonchev–Trinajstić information content (AvgIpc) is 2.97. The Morgan fingerprint density at radius 2 is 1.93 bits per heavy atom. The lowest BCUT2D eigenvalue weighted by atomic mass is 9.97. The Balaban J connectivity index is 2.46. The van der Waals surface area contributed by atoms with Crippen molar-refractivity contribution in [3.8, 4) is 5.75 Å². The summed E-state index contributed by atoms with van der Waals surface area (Å²) in [6.07, 6.45) is -4.29. The summed E-state index contributed by atoms with van der Waals surface area (Å²) in [6, 6.07) is 6.19. The quantitative estimate of drug-likeness (QED) is 0.769. The van der Waals surface area contributed by atoms with Crippen molar-refractivity contribution in [1.82, 2.24) is 5.32 Å². The van der Waals surface area contributed by atoms with Crippen LogP contribution < -0.4 is 10.1 Å². The maximum atomic E-state index is 12.8. The third-order valence-electron chi connectivity index (χ3n) is 2.58. The summed E-state index contributed by atoms with van der Waals surface area (Å²) in [5.74, 6) is 0.264. The van der Waals surface area contributed by atoms with E-state index in [0.717, 1.165) is 0 Å². The van der Waals surface area contributed by atoms with E-state index in [4.69, 9.17) is 4.74 Å². The molecule has 15 heavy (non-hydrogen) atoms. The summed E-state index contributed by atoms with van der Waals surface area (Å²) in [7, 11) is 1.37. The van der Waals surface area contributed by atoms with Gasteiger partial charge >= 0.3 is 6.18 Å². The molecule has 1 aromatic rings. The van der Waals surface area contributed by atoms with Gasteiger partial charge in [-0.2, -0.15) is 13.2 Å². The molecule has 0 radical (unpaired) electrons. The van der Waals surface area contributed by atoms with Gasteiger partial charge in [0, 0.05) is 12.1 Å². The molecule has 1 aliphatic heterocycles. The topological polar surface area (TPSA) is 31.2 Å². The van der Waals surface area contributed by atoms with Crippen molar-refractivity contribution in [2.45, 2.75) is 11.7 Å². The number of rotatable bonds is 2. The Hall–Kier alpha value is -1.23. The van der Waals surface area contributed by atoms with Crippen LogP contribution in [0.1, 0.15) is 5.56 Å². The number of alkyl halides is 3. The summed E-state index contributed by atoms with van der Waals surface area (Å²) in [5, 5.41) is 2.37. The van der Waals surface area contributed by atoms with Crippen molar-refractivity contribution >= 4 is 0 Å². The maximum absolute atomic E-state index is 12.8. The van der Waals surface area contributed by atoms with Crippen LogP contribution >= 0.6 is 0 Å². The van der Waals surface area contributed by atoms with Gasteiger partial charge in [0.25, 0.3) is 0 Å². The maximum Gasteiger partial charge on any atom is 0.412 e. The monoisotopic (exact) mass is 217 g/mol. The molecule has 0 amide bonds. The molecule has 1 unspecified atom stereocenters. The number of ether oxygens (including phenoxy) is 1. The van der Waals surface area contributed by atoms with Crippen molar-refractivity contribution in [2.75, 3.05) is 13.7 Å². The molecule has 1 aliphatic rings. The summed E-state index contributed by atoms with van der Waals surface area (Å²) in [4.78, 5) is 0. The summed E-state index contributed by atoms with van der Waals surface area (Å²) >= 11 is 0. The lowest BCUT2D eigenvalue weighted by Gasteiger charge is -2.20. The number of methoxy groups -OCH3 is 1. The second-order valence-corrected chi connectivity index (χ2v) is 3.46. The van der Waals surface area contributed by atoms with Crippen molar-refractivity contribution < 1.29 is 17.9 Å². The van der Waals surface area contributed by atoms with Gasteiger partial charge in [-0.15, -0.1) is 0 Å². The Morgan fingerprint density at radius 1 is 1.33 bits per heavy atom. The van der Waals surface area contributed by atoms with Gasteiger partial charge in [0.2, 0.25) is 0 Å². The van der Waals surface area contributed by atoms with Crippen molar-refractivity contribution in [3.05, 3.63) is 29.8 Å². The first-order valence-electron chi connectivity index (χ1n) is 4.46. The second kappa shape index (κ2) is 3.13. The number of halogens is 3. The number of hydrogen-bond acceptors (Lipinski definition) is 2. The third kappa shape index (κ3) is 1.47. The van der Waals surface area contributed by atoms with Crippen LogP contribution in [0.25, 0.3) is 0 Å². The van der Waals surface area contributed by atoms with Gasteiger partial charge in [0.1, 0.15) is 5.75 Å². The first-order chi connectivity index (χ1) is 7.01. The van der Waals surface area contributed by atoms with Gasteiger partial charge in [-0.1, -0.05) is 18.2 Å². The first-order valence-corrected chi connectivity index (χ1v) is 4.46. The Bertz CT molecular complexity index is 371. The van der Waals surface area contributed by atoms with Crippen LogP contribution in [0.5, 0.6) is 5.75 Å². The summed E-state index contributed by atoms with van der Waals surface area (Å²) in [5.41, 5.74) is -1.75. The van der Waals surface area contributed by atoms with Crippen LogP contribution in [0.3, 0.4) is 0 Å². The molecular weight excluding hydrogens is 207 g/mol. The number of hydrogen-bond donors (Lipinski definition) is 1. The number of nitrogens with one attached hydrogen (secondary N) is 1. The molecule has 2 rings (SSSR count). The van der Waals surface area contributed by atoms with Crippen molar-refractivity contribution in [1.29, 1.82) is 0 Å². The van der Waals surface area contributed by atoms with Gasteiger partial charge in [-0.25, -0.2) is 0 Å².